The summed E-state index contributed by atoms with van der Waals surface area (Å²) in [4.78, 5) is 22.3. The van der Waals surface area contributed by atoms with E-state index in [4.69, 9.17) is 0 Å². The van der Waals surface area contributed by atoms with Crippen LogP contribution in [0.5, 0.6) is 0 Å². The van der Waals surface area contributed by atoms with Crippen LogP contribution >= 0.6 is 31.9 Å². The number of pyridine rings is 1. The van der Waals surface area contributed by atoms with Gasteiger partial charge in [0.25, 0.3) is 11.2 Å². The van der Waals surface area contributed by atoms with Crippen molar-refractivity contribution in [1.29, 1.82) is 0 Å². The van der Waals surface area contributed by atoms with Crippen molar-refractivity contribution in [1.82, 2.24) is 4.57 Å². The van der Waals surface area contributed by atoms with Crippen LogP contribution in [-0.4, -0.2) is 14.8 Å². The molecule has 0 spiro atoms. The highest BCUT2D eigenvalue weighted by atomic mass is 79.9. The van der Waals surface area contributed by atoms with Gasteiger partial charge in [-0.1, -0.05) is 22.9 Å². The van der Waals surface area contributed by atoms with Crippen molar-refractivity contribution in [2.45, 2.75) is 20.4 Å². The van der Waals surface area contributed by atoms with Crippen molar-refractivity contribution < 1.29 is 4.92 Å². The molecular formula is C10H12Br2N2O3. The Morgan fingerprint density at radius 1 is 1.59 bits per heavy atom. The van der Waals surface area contributed by atoms with Crippen molar-refractivity contribution in [2.24, 2.45) is 5.92 Å². The molecule has 1 atom stereocenters. The molecule has 0 aromatic carbocycles. The number of aromatic nitrogens is 1. The monoisotopic (exact) mass is 366 g/mol. The van der Waals surface area contributed by atoms with Crippen LogP contribution in [-0.2, 0) is 6.54 Å². The van der Waals surface area contributed by atoms with E-state index in [9.17, 15) is 14.9 Å². The first-order valence-corrected chi connectivity index (χ1v) is 6.89. The van der Waals surface area contributed by atoms with Crippen molar-refractivity contribution in [3.63, 3.8) is 0 Å². The largest absolute Gasteiger partial charge is 0.308 e. The van der Waals surface area contributed by atoms with Gasteiger partial charge in [0.1, 0.15) is 0 Å². The molecule has 5 nitrogen and oxygen atoms in total. The summed E-state index contributed by atoms with van der Waals surface area (Å²) in [6.45, 7) is 3.96. The summed E-state index contributed by atoms with van der Waals surface area (Å²) in [5, 5.41) is 11.6. The summed E-state index contributed by atoms with van der Waals surface area (Å²) >= 11 is 6.43. The normalized spacial score (nSPS) is 12.5. The lowest BCUT2D eigenvalue weighted by Crippen LogP contribution is -2.25. The van der Waals surface area contributed by atoms with E-state index in [0.717, 1.165) is 5.33 Å². The Labute approximate surface area is 115 Å². The Morgan fingerprint density at radius 2 is 2.18 bits per heavy atom. The van der Waals surface area contributed by atoms with Crippen LogP contribution in [0.2, 0.25) is 0 Å². The van der Waals surface area contributed by atoms with E-state index in [1.807, 2.05) is 6.92 Å². The topological polar surface area (TPSA) is 65.1 Å². The maximum atomic E-state index is 11.9. The maximum Gasteiger partial charge on any atom is 0.289 e. The molecule has 1 rings (SSSR count). The molecule has 0 bridgehead atoms. The van der Waals surface area contributed by atoms with Gasteiger partial charge in [0.05, 0.1) is 15.6 Å². The molecule has 1 heterocycles. The van der Waals surface area contributed by atoms with Gasteiger partial charge in [-0.2, -0.15) is 0 Å². The summed E-state index contributed by atoms with van der Waals surface area (Å²) in [5.74, 6) is 0.224. The Morgan fingerprint density at radius 3 is 2.65 bits per heavy atom. The highest BCUT2D eigenvalue weighted by molar-refractivity contribution is 9.10. The molecule has 1 aromatic rings. The van der Waals surface area contributed by atoms with Gasteiger partial charge >= 0.3 is 0 Å². The van der Waals surface area contributed by atoms with Gasteiger partial charge in [0, 0.05) is 17.4 Å². The van der Waals surface area contributed by atoms with Gasteiger partial charge in [-0.3, -0.25) is 14.9 Å². The first-order valence-electron chi connectivity index (χ1n) is 4.98. The zero-order chi connectivity index (χ0) is 13.2. The molecule has 0 N–H and O–H groups in total. The lowest BCUT2D eigenvalue weighted by molar-refractivity contribution is -0.386. The molecule has 0 aliphatic heterocycles. The molecule has 0 aliphatic carbocycles. The van der Waals surface area contributed by atoms with Crippen molar-refractivity contribution >= 4 is 37.5 Å². The number of nitro groups is 1. The quantitative estimate of drug-likeness (QED) is 0.467. The van der Waals surface area contributed by atoms with Crippen LogP contribution in [0.25, 0.3) is 0 Å². The molecular weight excluding hydrogens is 356 g/mol. The van der Waals surface area contributed by atoms with Gasteiger partial charge in [0.15, 0.2) is 0 Å². The zero-order valence-electron chi connectivity index (χ0n) is 9.44. The smallest absolute Gasteiger partial charge is 0.289 e. The molecule has 0 saturated carbocycles. The van der Waals surface area contributed by atoms with Crippen LogP contribution in [0.4, 0.5) is 5.69 Å². The molecule has 0 fully saturated rings. The number of hydrogen-bond donors (Lipinski definition) is 0. The maximum absolute atomic E-state index is 11.9. The molecule has 17 heavy (non-hydrogen) atoms. The third-order valence-electron chi connectivity index (χ3n) is 2.41. The van der Waals surface area contributed by atoms with E-state index < -0.39 is 4.92 Å². The molecule has 1 aromatic heterocycles. The van der Waals surface area contributed by atoms with Crippen molar-refractivity contribution in [3.05, 3.63) is 36.7 Å². The second kappa shape index (κ2) is 5.77. The van der Waals surface area contributed by atoms with E-state index in [-0.39, 0.29) is 21.6 Å². The minimum absolute atomic E-state index is 0.0433. The summed E-state index contributed by atoms with van der Waals surface area (Å²) in [7, 11) is 0. The summed E-state index contributed by atoms with van der Waals surface area (Å²) < 4.78 is 1.63. The SMILES string of the molecule is Cc1c([N+](=O)[O-])cn(CC(C)CBr)c(=O)c1Br. The average Bonchev–Trinajstić information content (AvgIpc) is 2.29. The number of halogens is 2. The fourth-order valence-electron chi connectivity index (χ4n) is 1.41. The molecule has 0 aliphatic rings. The van der Waals surface area contributed by atoms with Crippen molar-refractivity contribution in [2.75, 3.05) is 5.33 Å². The van der Waals surface area contributed by atoms with E-state index in [2.05, 4.69) is 31.9 Å². The number of rotatable bonds is 4. The van der Waals surface area contributed by atoms with Gasteiger partial charge in [-0.05, 0) is 28.8 Å². The number of nitrogens with zero attached hydrogens (tertiary/aromatic N) is 2. The van der Waals surface area contributed by atoms with Crippen LogP contribution < -0.4 is 5.56 Å². The molecule has 94 valence electrons. The van der Waals surface area contributed by atoms with Gasteiger partial charge < -0.3 is 4.57 Å². The van der Waals surface area contributed by atoms with Gasteiger partial charge in [0.2, 0.25) is 0 Å². The fourth-order valence-corrected chi connectivity index (χ4v) is 2.04. The Hall–Kier alpha value is -0.690. The molecule has 7 heteroatoms. The van der Waals surface area contributed by atoms with E-state index in [1.54, 1.807) is 6.92 Å². The lowest BCUT2D eigenvalue weighted by Gasteiger charge is -2.12. The minimum atomic E-state index is -0.477. The first-order chi connectivity index (χ1) is 7.88. The highest BCUT2D eigenvalue weighted by Crippen LogP contribution is 2.22. The van der Waals surface area contributed by atoms with E-state index in [1.165, 1.54) is 10.8 Å². The Kier molecular flexibility index (Phi) is 4.88. The molecule has 1 unspecified atom stereocenters. The Bertz CT molecular complexity index is 499. The van der Waals surface area contributed by atoms with Crippen LogP contribution in [0.1, 0.15) is 12.5 Å². The predicted octanol–water partition coefficient (Wildman–Crippen LogP) is 2.86. The highest BCUT2D eigenvalue weighted by Gasteiger charge is 2.18. The zero-order valence-corrected chi connectivity index (χ0v) is 12.6. The lowest BCUT2D eigenvalue weighted by atomic mass is 10.2. The van der Waals surface area contributed by atoms with E-state index >= 15 is 0 Å². The molecule has 0 radical (unpaired) electrons. The second-order valence-electron chi connectivity index (χ2n) is 3.93. The van der Waals surface area contributed by atoms with Crippen LogP contribution in [0, 0.1) is 23.0 Å². The summed E-state index contributed by atoms with van der Waals surface area (Å²) in [6, 6.07) is 0. The summed E-state index contributed by atoms with van der Waals surface area (Å²) in [5.41, 5.74) is 0.0851. The van der Waals surface area contributed by atoms with Gasteiger partial charge in [-0.25, -0.2) is 0 Å². The predicted molar refractivity (Wildman–Crippen MR) is 72.8 cm³/mol. The standard InChI is InChI=1S/C10H12Br2N2O3/c1-6(3-11)4-13-5-8(14(16)17)7(2)9(12)10(13)15/h5-6H,3-4H2,1-2H3. The third-order valence-corrected chi connectivity index (χ3v) is 4.45. The Balaban J connectivity index is 3.32. The molecule has 0 amide bonds. The fraction of sp³-hybridized carbons (Fsp3) is 0.500. The van der Waals surface area contributed by atoms with Gasteiger partial charge in [-0.15, -0.1) is 0 Å². The minimum Gasteiger partial charge on any atom is -0.308 e. The van der Waals surface area contributed by atoms with Crippen molar-refractivity contribution in [3.8, 4) is 0 Å². The average molecular weight is 368 g/mol. The summed E-state index contributed by atoms with van der Waals surface area (Å²) in [6.07, 6.45) is 1.31. The second-order valence-corrected chi connectivity index (χ2v) is 5.37. The number of alkyl halides is 1. The van der Waals surface area contributed by atoms with Crippen LogP contribution in [0.3, 0.4) is 0 Å². The third kappa shape index (κ3) is 3.16. The number of hydrogen-bond acceptors (Lipinski definition) is 3. The van der Waals surface area contributed by atoms with E-state index in [0.29, 0.717) is 12.1 Å². The first kappa shape index (κ1) is 14.4. The molecule has 0 saturated heterocycles. The van der Waals surface area contributed by atoms with Crippen LogP contribution in [0.15, 0.2) is 15.5 Å².